The third-order valence-electron chi connectivity index (χ3n) is 2.69. The maximum absolute atomic E-state index is 12.4. The van der Waals surface area contributed by atoms with Gasteiger partial charge in [-0.05, 0) is 45.4 Å². The van der Waals surface area contributed by atoms with Crippen LogP contribution in [0.1, 0.15) is 33.3 Å². The van der Waals surface area contributed by atoms with Crippen LogP contribution in [-0.4, -0.2) is 23.9 Å². The fourth-order valence-electron chi connectivity index (χ4n) is 1.52. The van der Waals surface area contributed by atoms with Gasteiger partial charge >= 0.3 is 12.3 Å². The minimum Gasteiger partial charge on any atom is -0.444 e. The van der Waals surface area contributed by atoms with Gasteiger partial charge in [-0.1, -0.05) is 12.1 Å². The number of halogens is 3. The summed E-state index contributed by atoms with van der Waals surface area (Å²) in [7, 11) is 0. The monoisotopic (exact) mass is 333 g/mol. The van der Waals surface area contributed by atoms with Gasteiger partial charge in [-0.15, -0.1) is 0 Å². The van der Waals surface area contributed by atoms with Crippen LogP contribution in [-0.2, 0) is 11.3 Å². The van der Waals surface area contributed by atoms with E-state index < -0.39 is 23.9 Å². The third-order valence-corrected chi connectivity index (χ3v) is 2.69. The Hall–Kier alpha value is -1.96. The first-order chi connectivity index (χ1) is 10.5. The first-order valence-electron chi connectivity index (χ1n) is 7.11. The number of ether oxygens (including phenoxy) is 1. The molecule has 0 radical (unpaired) electrons. The van der Waals surface area contributed by atoms with E-state index in [1.165, 1.54) is 0 Å². The lowest BCUT2D eigenvalue weighted by Gasteiger charge is -2.20. The number of hydrazine groups is 1. The van der Waals surface area contributed by atoms with Crippen LogP contribution in [0.2, 0.25) is 0 Å². The molecule has 1 aromatic carbocycles. The summed E-state index contributed by atoms with van der Waals surface area (Å²) >= 11 is 0. The Morgan fingerprint density at radius 3 is 2.48 bits per heavy atom. The normalized spacial score (nSPS) is 13.3. The summed E-state index contributed by atoms with van der Waals surface area (Å²) in [5.41, 5.74) is 5.27. The van der Waals surface area contributed by atoms with Gasteiger partial charge in [-0.3, -0.25) is 0 Å². The Kier molecular flexibility index (Phi) is 6.26. The number of nitrogens with one attached hydrogen (secondary N) is 3. The number of alkyl halides is 3. The van der Waals surface area contributed by atoms with Crippen molar-refractivity contribution in [2.75, 3.05) is 5.43 Å². The molecule has 0 aliphatic rings. The molecule has 0 fully saturated rings. The highest BCUT2D eigenvalue weighted by Gasteiger charge is 2.35. The Labute approximate surface area is 133 Å². The lowest BCUT2D eigenvalue weighted by atomic mass is 10.2. The molecule has 5 nitrogen and oxygen atoms in total. The first-order valence-corrected chi connectivity index (χ1v) is 7.11. The highest BCUT2D eigenvalue weighted by Crippen LogP contribution is 2.19. The largest absolute Gasteiger partial charge is 0.444 e. The van der Waals surface area contributed by atoms with Crippen LogP contribution >= 0.6 is 0 Å². The zero-order chi connectivity index (χ0) is 17.7. The minimum absolute atomic E-state index is 0.208. The van der Waals surface area contributed by atoms with E-state index in [0.717, 1.165) is 12.5 Å². The van der Waals surface area contributed by atoms with Crippen LogP contribution in [0, 0.1) is 0 Å². The molecule has 3 N–H and O–H groups in total. The molecule has 0 saturated heterocycles. The number of carbonyl (C=O) groups excluding carboxylic acids is 1. The molecule has 0 aliphatic heterocycles. The van der Waals surface area contributed by atoms with E-state index in [0.29, 0.717) is 5.69 Å². The van der Waals surface area contributed by atoms with Gasteiger partial charge in [0.2, 0.25) is 0 Å². The number of hydrogen-bond acceptors (Lipinski definition) is 4. The topological polar surface area (TPSA) is 62.4 Å². The number of alkyl carbamates (subject to hydrolysis) is 1. The zero-order valence-corrected chi connectivity index (χ0v) is 13.5. The molecule has 1 rings (SSSR count). The average molecular weight is 333 g/mol. The second kappa shape index (κ2) is 7.54. The number of hydrogen-bond donors (Lipinski definition) is 3. The molecule has 0 aliphatic carbocycles. The van der Waals surface area contributed by atoms with Gasteiger partial charge in [-0.25, -0.2) is 10.2 Å². The van der Waals surface area contributed by atoms with E-state index in [1.807, 2.05) is 0 Å². The second-order valence-electron chi connectivity index (χ2n) is 6.09. The summed E-state index contributed by atoms with van der Waals surface area (Å²) in [5, 5.41) is 2.58. The maximum atomic E-state index is 12.4. The average Bonchev–Trinajstić information content (AvgIpc) is 2.40. The van der Waals surface area contributed by atoms with Crippen molar-refractivity contribution in [2.24, 2.45) is 0 Å². The molecule has 1 amide bonds. The SMILES string of the molecule is CC(NNc1cccc(CNC(=O)OC(C)(C)C)c1)C(F)(F)F. The van der Waals surface area contributed by atoms with E-state index in [-0.39, 0.29) is 6.54 Å². The van der Waals surface area contributed by atoms with Crippen LogP contribution in [0.15, 0.2) is 24.3 Å². The van der Waals surface area contributed by atoms with Crippen LogP contribution in [0.5, 0.6) is 0 Å². The molecule has 0 heterocycles. The van der Waals surface area contributed by atoms with Crippen LogP contribution < -0.4 is 16.2 Å². The van der Waals surface area contributed by atoms with Crippen molar-refractivity contribution in [1.82, 2.24) is 10.7 Å². The lowest BCUT2D eigenvalue weighted by Crippen LogP contribution is -2.42. The molecule has 23 heavy (non-hydrogen) atoms. The van der Waals surface area contributed by atoms with E-state index in [9.17, 15) is 18.0 Å². The number of anilines is 1. The van der Waals surface area contributed by atoms with Gasteiger partial charge in [0.05, 0.1) is 0 Å². The van der Waals surface area contributed by atoms with E-state index in [2.05, 4.69) is 16.2 Å². The van der Waals surface area contributed by atoms with Crippen molar-refractivity contribution in [3.63, 3.8) is 0 Å². The number of carbonyl (C=O) groups is 1. The number of benzene rings is 1. The van der Waals surface area contributed by atoms with Gasteiger partial charge in [-0.2, -0.15) is 13.2 Å². The van der Waals surface area contributed by atoms with Gasteiger partial charge < -0.3 is 15.5 Å². The molecule has 130 valence electrons. The summed E-state index contributed by atoms with van der Waals surface area (Å²) in [6.07, 6.45) is -4.89. The maximum Gasteiger partial charge on any atom is 0.407 e. The summed E-state index contributed by atoms with van der Waals surface area (Å²) in [6, 6.07) is 4.98. The van der Waals surface area contributed by atoms with Crippen molar-refractivity contribution in [3.05, 3.63) is 29.8 Å². The Morgan fingerprint density at radius 2 is 1.91 bits per heavy atom. The van der Waals surface area contributed by atoms with E-state index in [1.54, 1.807) is 45.0 Å². The summed E-state index contributed by atoms with van der Waals surface area (Å²) in [5.74, 6) is 0. The van der Waals surface area contributed by atoms with Gasteiger partial charge in [0.25, 0.3) is 0 Å². The molecule has 1 unspecified atom stereocenters. The molecule has 8 heteroatoms. The summed E-state index contributed by atoms with van der Waals surface area (Å²) < 4.78 is 42.3. The van der Waals surface area contributed by atoms with Crippen molar-refractivity contribution in [3.8, 4) is 0 Å². The fraction of sp³-hybridized carbons (Fsp3) is 0.533. The highest BCUT2D eigenvalue weighted by atomic mass is 19.4. The molecule has 0 saturated carbocycles. The van der Waals surface area contributed by atoms with Crippen molar-refractivity contribution in [2.45, 2.75) is 52.1 Å². The van der Waals surface area contributed by atoms with Crippen molar-refractivity contribution in [1.29, 1.82) is 0 Å². The molecular weight excluding hydrogens is 311 g/mol. The Bertz CT molecular complexity index is 527. The van der Waals surface area contributed by atoms with Gasteiger partial charge in [0.1, 0.15) is 11.6 Å². The Balaban J connectivity index is 2.52. The molecule has 1 aromatic rings. The minimum atomic E-state index is -4.33. The molecule has 0 spiro atoms. The van der Waals surface area contributed by atoms with Crippen LogP contribution in [0.3, 0.4) is 0 Å². The Morgan fingerprint density at radius 1 is 1.26 bits per heavy atom. The highest BCUT2D eigenvalue weighted by molar-refractivity contribution is 5.67. The van der Waals surface area contributed by atoms with E-state index >= 15 is 0 Å². The third kappa shape index (κ3) is 7.73. The van der Waals surface area contributed by atoms with Crippen LogP contribution in [0.25, 0.3) is 0 Å². The van der Waals surface area contributed by atoms with E-state index in [4.69, 9.17) is 4.74 Å². The van der Waals surface area contributed by atoms with Crippen LogP contribution in [0.4, 0.5) is 23.7 Å². The molecule has 1 atom stereocenters. The van der Waals surface area contributed by atoms with Gasteiger partial charge in [0.15, 0.2) is 0 Å². The van der Waals surface area contributed by atoms with Crippen molar-refractivity contribution >= 4 is 11.8 Å². The van der Waals surface area contributed by atoms with Gasteiger partial charge in [0, 0.05) is 12.2 Å². The standard InChI is InChI=1S/C15H22F3N3O2/c1-10(15(16,17)18)20-21-12-7-5-6-11(8-12)9-19-13(22)23-14(2,3)4/h5-8,10,20-21H,9H2,1-4H3,(H,19,22). The second-order valence-corrected chi connectivity index (χ2v) is 6.09. The predicted octanol–water partition coefficient (Wildman–Crippen LogP) is 3.58. The summed E-state index contributed by atoms with van der Waals surface area (Å²) in [4.78, 5) is 11.6. The summed E-state index contributed by atoms with van der Waals surface area (Å²) in [6.45, 7) is 6.49. The number of amides is 1. The lowest BCUT2D eigenvalue weighted by molar-refractivity contribution is -0.150. The predicted molar refractivity (Wildman–Crippen MR) is 81.8 cm³/mol. The molecular formula is C15H22F3N3O2. The zero-order valence-electron chi connectivity index (χ0n) is 13.5. The molecule has 0 aromatic heterocycles. The smallest absolute Gasteiger partial charge is 0.407 e. The number of rotatable bonds is 5. The van der Waals surface area contributed by atoms with Crippen molar-refractivity contribution < 1.29 is 22.7 Å². The first kappa shape index (κ1) is 19.1. The quantitative estimate of drug-likeness (QED) is 0.721. The fourth-order valence-corrected chi connectivity index (χ4v) is 1.52. The molecule has 0 bridgehead atoms.